The molecule has 4 nitrogen and oxygen atoms in total. The van der Waals surface area contributed by atoms with Gasteiger partial charge in [-0.15, -0.1) is 0 Å². The van der Waals surface area contributed by atoms with Gasteiger partial charge in [0.05, 0.1) is 9.37 Å². The van der Waals surface area contributed by atoms with Gasteiger partial charge in [-0.3, -0.25) is 0 Å². The monoisotopic (exact) mass is 322 g/mol. The molecule has 0 radical (unpaired) electrons. The van der Waals surface area contributed by atoms with E-state index in [-0.39, 0.29) is 15.4 Å². The molecule has 0 bridgehead atoms. The Kier molecular flexibility index (Phi) is 3.82. The van der Waals surface area contributed by atoms with Crippen LogP contribution in [0.3, 0.4) is 0 Å². The molecule has 2 N–H and O–H groups in total. The van der Waals surface area contributed by atoms with Gasteiger partial charge in [0.2, 0.25) is 10.0 Å². The zero-order chi connectivity index (χ0) is 12.5. The van der Waals surface area contributed by atoms with Crippen LogP contribution in [0, 0.1) is 5.82 Å². The summed E-state index contributed by atoms with van der Waals surface area (Å²) in [5, 5.41) is 3.06. The SMILES string of the molecule is O=S(=O)(N[C@H]1CCNC1)c1ccc(Br)c(F)c1. The molecule has 0 aromatic heterocycles. The number of sulfonamides is 1. The van der Waals surface area contributed by atoms with Crippen molar-refractivity contribution in [2.75, 3.05) is 13.1 Å². The molecule has 2 rings (SSSR count). The predicted octanol–water partition coefficient (Wildman–Crippen LogP) is 1.23. The van der Waals surface area contributed by atoms with Gasteiger partial charge in [0, 0.05) is 12.6 Å². The van der Waals surface area contributed by atoms with Gasteiger partial charge in [0.15, 0.2) is 0 Å². The van der Waals surface area contributed by atoms with Gasteiger partial charge >= 0.3 is 0 Å². The maximum absolute atomic E-state index is 13.3. The van der Waals surface area contributed by atoms with E-state index in [2.05, 4.69) is 26.0 Å². The van der Waals surface area contributed by atoms with Crippen LogP contribution in [0.25, 0.3) is 0 Å². The van der Waals surface area contributed by atoms with Crippen LogP contribution in [0.5, 0.6) is 0 Å². The lowest BCUT2D eigenvalue weighted by atomic mass is 10.3. The van der Waals surface area contributed by atoms with Crippen LogP contribution in [0.1, 0.15) is 6.42 Å². The summed E-state index contributed by atoms with van der Waals surface area (Å²) in [6, 6.07) is 3.65. The fourth-order valence-electron chi connectivity index (χ4n) is 1.69. The second-order valence-corrected chi connectivity index (χ2v) is 6.46. The van der Waals surface area contributed by atoms with Gasteiger partial charge < -0.3 is 5.32 Å². The quantitative estimate of drug-likeness (QED) is 0.880. The normalized spacial score (nSPS) is 20.7. The molecule has 0 spiro atoms. The zero-order valence-electron chi connectivity index (χ0n) is 8.91. The van der Waals surface area contributed by atoms with Crippen molar-refractivity contribution >= 4 is 26.0 Å². The molecule has 0 unspecified atom stereocenters. The molecule has 1 aliphatic rings. The van der Waals surface area contributed by atoms with Crippen molar-refractivity contribution in [1.29, 1.82) is 0 Å². The predicted molar refractivity (Wildman–Crippen MR) is 65.7 cm³/mol. The first-order valence-electron chi connectivity index (χ1n) is 5.17. The number of rotatable bonds is 3. The molecule has 1 aliphatic heterocycles. The Morgan fingerprint density at radius 3 is 2.82 bits per heavy atom. The Bertz CT molecular complexity index is 515. The number of hydrogen-bond acceptors (Lipinski definition) is 3. The lowest BCUT2D eigenvalue weighted by Gasteiger charge is -2.12. The Balaban J connectivity index is 2.21. The van der Waals surface area contributed by atoms with Gasteiger partial charge in [-0.1, -0.05) is 0 Å². The summed E-state index contributed by atoms with van der Waals surface area (Å²) >= 11 is 2.98. The van der Waals surface area contributed by atoms with Crippen LogP contribution < -0.4 is 10.0 Å². The van der Waals surface area contributed by atoms with E-state index in [1.54, 1.807) is 0 Å². The molecule has 1 aromatic rings. The van der Waals surface area contributed by atoms with Crippen molar-refractivity contribution in [3.05, 3.63) is 28.5 Å². The molecule has 7 heteroatoms. The van der Waals surface area contributed by atoms with Gasteiger partial charge in [0.1, 0.15) is 5.82 Å². The lowest BCUT2D eigenvalue weighted by Crippen LogP contribution is -2.36. The Hall–Kier alpha value is -0.500. The smallest absolute Gasteiger partial charge is 0.240 e. The molecule has 1 fully saturated rings. The summed E-state index contributed by atoms with van der Waals surface area (Å²) in [6.45, 7) is 1.40. The van der Waals surface area contributed by atoms with Gasteiger partial charge in [0.25, 0.3) is 0 Å². The van der Waals surface area contributed by atoms with Crippen LogP contribution in [0.15, 0.2) is 27.6 Å². The molecule has 1 saturated heterocycles. The molecule has 17 heavy (non-hydrogen) atoms. The highest BCUT2D eigenvalue weighted by Crippen LogP contribution is 2.19. The van der Waals surface area contributed by atoms with E-state index in [1.165, 1.54) is 12.1 Å². The van der Waals surface area contributed by atoms with E-state index in [1.807, 2.05) is 0 Å². The van der Waals surface area contributed by atoms with Crippen LogP contribution in [-0.2, 0) is 10.0 Å². The first-order valence-corrected chi connectivity index (χ1v) is 7.45. The minimum atomic E-state index is -3.63. The molecule has 1 atom stereocenters. The van der Waals surface area contributed by atoms with Crippen molar-refractivity contribution < 1.29 is 12.8 Å². The minimum absolute atomic E-state index is 0.0508. The van der Waals surface area contributed by atoms with E-state index in [4.69, 9.17) is 0 Å². The first-order chi connectivity index (χ1) is 7.99. The topological polar surface area (TPSA) is 58.2 Å². The third-order valence-electron chi connectivity index (χ3n) is 2.58. The maximum Gasteiger partial charge on any atom is 0.240 e. The van der Waals surface area contributed by atoms with Crippen LogP contribution in [0.2, 0.25) is 0 Å². The second-order valence-electron chi connectivity index (χ2n) is 3.89. The summed E-state index contributed by atoms with van der Waals surface area (Å²) in [4.78, 5) is -0.0508. The molecule has 94 valence electrons. The summed E-state index contributed by atoms with van der Waals surface area (Å²) in [6.07, 6.45) is 0.748. The van der Waals surface area contributed by atoms with Crippen molar-refractivity contribution in [2.24, 2.45) is 0 Å². The first kappa shape index (κ1) is 12.9. The lowest BCUT2D eigenvalue weighted by molar-refractivity contribution is 0.557. The Labute approximate surface area is 108 Å². The largest absolute Gasteiger partial charge is 0.315 e. The molecule has 0 amide bonds. The standard InChI is InChI=1S/C10H12BrFN2O2S/c11-9-2-1-8(5-10(9)12)17(15,16)14-7-3-4-13-6-7/h1-2,5,7,13-14H,3-4,6H2/t7-/m0/s1. The van der Waals surface area contributed by atoms with Crippen molar-refractivity contribution in [3.63, 3.8) is 0 Å². The van der Waals surface area contributed by atoms with E-state index in [9.17, 15) is 12.8 Å². The highest BCUT2D eigenvalue weighted by molar-refractivity contribution is 9.10. The van der Waals surface area contributed by atoms with Gasteiger partial charge in [-0.25, -0.2) is 17.5 Å². The minimum Gasteiger partial charge on any atom is -0.315 e. The molecule has 0 aliphatic carbocycles. The van der Waals surface area contributed by atoms with Crippen molar-refractivity contribution in [1.82, 2.24) is 10.0 Å². The average molecular weight is 323 g/mol. The Morgan fingerprint density at radius 2 is 2.24 bits per heavy atom. The summed E-state index contributed by atoms with van der Waals surface area (Å²) < 4.78 is 39.9. The molecule has 1 heterocycles. The van der Waals surface area contributed by atoms with Crippen LogP contribution in [-0.4, -0.2) is 27.5 Å². The Morgan fingerprint density at radius 1 is 1.47 bits per heavy atom. The summed E-state index contributed by atoms with van der Waals surface area (Å²) in [5.41, 5.74) is 0. The number of halogens is 2. The fourth-order valence-corrected chi connectivity index (χ4v) is 3.22. The highest BCUT2D eigenvalue weighted by atomic mass is 79.9. The third kappa shape index (κ3) is 3.04. The molecular weight excluding hydrogens is 311 g/mol. The molecule has 1 aromatic carbocycles. The molecular formula is C10H12BrFN2O2S. The van der Waals surface area contributed by atoms with Crippen molar-refractivity contribution in [2.45, 2.75) is 17.4 Å². The number of nitrogens with one attached hydrogen (secondary N) is 2. The summed E-state index contributed by atoms with van der Waals surface area (Å²) in [7, 11) is -3.63. The molecule has 0 saturated carbocycles. The van der Waals surface area contributed by atoms with Crippen LogP contribution >= 0.6 is 15.9 Å². The van der Waals surface area contributed by atoms with E-state index < -0.39 is 15.8 Å². The van der Waals surface area contributed by atoms with Gasteiger partial charge in [-0.2, -0.15) is 0 Å². The van der Waals surface area contributed by atoms with E-state index in [0.717, 1.165) is 19.0 Å². The van der Waals surface area contributed by atoms with Crippen LogP contribution in [0.4, 0.5) is 4.39 Å². The maximum atomic E-state index is 13.3. The third-order valence-corrected chi connectivity index (χ3v) is 4.74. The number of hydrogen-bond donors (Lipinski definition) is 2. The van der Waals surface area contributed by atoms with Crippen molar-refractivity contribution in [3.8, 4) is 0 Å². The van der Waals surface area contributed by atoms with Gasteiger partial charge in [-0.05, 0) is 47.1 Å². The highest BCUT2D eigenvalue weighted by Gasteiger charge is 2.23. The van der Waals surface area contributed by atoms with E-state index in [0.29, 0.717) is 6.54 Å². The summed E-state index contributed by atoms with van der Waals surface area (Å²) in [5.74, 6) is -0.586. The van der Waals surface area contributed by atoms with E-state index >= 15 is 0 Å². The second kappa shape index (κ2) is 5.01. The average Bonchev–Trinajstić information content (AvgIpc) is 2.73. The zero-order valence-corrected chi connectivity index (χ0v) is 11.3. The number of benzene rings is 1. The fraction of sp³-hybridized carbons (Fsp3) is 0.400.